The van der Waals surface area contributed by atoms with Gasteiger partial charge in [-0.15, -0.1) is 0 Å². The van der Waals surface area contributed by atoms with E-state index in [1.807, 2.05) is 6.07 Å². The number of carbonyl (C=O) groups excluding carboxylic acids is 1. The second kappa shape index (κ2) is 5.80. The van der Waals surface area contributed by atoms with Crippen molar-refractivity contribution in [2.24, 2.45) is 0 Å². The Bertz CT molecular complexity index is 415. The molecule has 5 heteroatoms. The van der Waals surface area contributed by atoms with Crippen LogP contribution in [0.4, 0.5) is 11.6 Å². The lowest BCUT2D eigenvalue weighted by atomic mass is 9.94. The predicted octanol–water partition coefficient (Wildman–Crippen LogP) is 2.20. The Kier molecular flexibility index (Phi) is 4.12. The molecule has 1 aromatic heterocycles. The zero-order valence-electron chi connectivity index (χ0n) is 11.0. The smallest absolute Gasteiger partial charge is 0.222 e. The molecule has 0 radical (unpaired) electrons. The number of carbonyl (C=O) groups is 1. The molecular weight excluding hydrogens is 228 g/mol. The molecule has 0 unspecified atom stereocenters. The average molecular weight is 248 g/mol. The number of anilines is 2. The topological polar surface area (TPSA) is 58.1 Å². The van der Waals surface area contributed by atoms with Crippen LogP contribution in [0.5, 0.6) is 0 Å². The number of nitrogens with one attached hydrogen (secondary N) is 1. The van der Waals surface area contributed by atoms with E-state index in [-0.39, 0.29) is 5.91 Å². The average Bonchev–Trinajstić information content (AvgIpc) is 2.38. The predicted molar refractivity (Wildman–Crippen MR) is 71.6 cm³/mol. The summed E-state index contributed by atoms with van der Waals surface area (Å²) in [6.07, 6.45) is 7.86. The van der Waals surface area contributed by atoms with E-state index < -0.39 is 0 Å². The lowest BCUT2D eigenvalue weighted by Gasteiger charge is -2.32. The molecule has 1 aliphatic rings. The van der Waals surface area contributed by atoms with Crippen LogP contribution < -0.4 is 10.2 Å². The quantitative estimate of drug-likeness (QED) is 0.891. The molecule has 1 fully saturated rings. The van der Waals surface area contributed by atoms with Crippen molar-refractivity contribution in [1.82, 2.24) is 9.97 Å². The van der Waals surface area contributed by atoms with Gasteiger partial charge in [-0.3, -0.25) is 4.79 Å². The molecule has 98 valence electrons. The number of aromatic nitrogens is 2. The molecule has 1 amide bonds. The molecule has 1 aliphatic carbocycles. The van der Waals surface area contributed by atoms with Crippen molar-refractivity contribution in [2.75, 3.05) is 17.3 Å². The first-order valence-corrected chi connectivity index (χ1v) is 6.49. The van der Waals surface area contributed by atoms with E-state index in [1.165, 1.54) is 45.4 Å². The van der Waals surface area contributed by atoms with Crippen LogP contribution in [0.25, 0.3) is 0 Å². The van der Waals surface area contributed by atoms with E-state index in [2.05, 4.69) is 27.2 Å². The Morgan fingerprint density at radius 2 is 2.06 bits per heavy atom. The van der Waals surface area contributed by atoms with Gasteiger partial charge in [0.2, 0.25) is 5.91 Å². The Morgan fingerprint density at radius 3 is 2.72 bits per heavy atom. The third-order valence-corrected chi connectivity index (χ3v) is 3.44. The summed E-state index contributed by atoms with van der Waals surface area (Å²) >= 11 is 0. The Labute approximate surface area is 108 Å². The highest BCUT2D eigenvalue weighted by Crippen LogP contribution is 2.25. The zero-order valence-corrected chi connectivity index (χ0v) is 11.0. The van der Waals surface area contributed by atoms with Crippen LogP contribution in [0.2, 0.25) is 0 Å². The number of hydrogen-bond acceptors (Lipinski definition) is 4. The fourth-order valence-corrected chi connectivity index (χ4v) is 2.44. The van der Waals surface area contributed by atoms with Crippen molar-refractivity contribution in [3.63, 3.8) is 0 Å². The van der Waals surface area contributed by atoms with Crippen LogP contribution in [-0.2, 0) is 4.79 Å². The number of rotatable bonds is 3. The second-order valence-corrected chi connectivity index (χ2v) is 4.85. The molecule has 0 aromatic carbocycles. The van der Waals surface area contributed by atoms with Gasteiger partial charge in [-0.1, -0.05) is 19.3 Å². The second-order valence-electron chi connectivity index (χ2n) is 4.85. The summed E-state index contributed by atoms with van der Waals surface area (Å²) in [5.74, 6) is 1.33. The highest BCUT2D eigenvalue weighted by atomic mass is 16.1. The largest absolute Gasteiger partial charge is 0.357 e. The maximum absolute atomic E-state index is 11.0. The highest BCUT2D eigenvalue weighted by Gasteiger charge is 2.19. The van der Waals surface area contributed by atoms with Crippen molar-refractivity contribution in [3.8, 4) is 0 Å². The van der Waals surface area contributed by atoms with E-state index in [0.29, 0.717) is 11.9 Å². The van der Waals surface area contributed by atoms with Crippen molar-refractivity contribution >= 4 is 17.5 Å². The van der Waals surface area contributed by atoms with Crippen LogP contribution in [0.3, 0.4) is 0 Å². The summed E-state index contributed by atoms with van der Waals surface area (Å²) in [5.41, 5.74) is 0. The Balaban J connectivity index is 2.09. The summed E-state index contributed by atoms with van der Waals surface area (Å²) in [6, 6.07) is 2.38. The fourth-order valence-electron chi connectivity index (χ4n) is 2.44. The highest BCUT2D eigenvalue weighted by molar-refractivity contribution is 5.87. The monoisotopic (exact) mass is 248 g/mol. The molecule has 1 heterocycles. The molecule has 0 aliphatic heterocycles. The summed E-state index contributed by atoms with van der Waals surface area (Å²) in [4.78, 5) is 21.5. The molecule has 1 saturated carbocycles. The fraction of sp³-hybridized carbons (Fsp3) is 0.615. The molecule has 0 atom stereocenters. The minimum Gasteiger partial charge on any atom is -0.357 e. The molecule has 0 saturated heterocycles. The van der Waals surface area contributed by atoms with Crippen molar-refractivity contribution in [2.45, 2.75) is 45.1 Å². The number of nitrogens with zero attached hydrogens (tertiary/aromatic N) is 3. The summed E-state index contributed by atoms with van der Waals surface area (Å²) in [5, 5.41) is 2.69. The van der Waals surface area contributed by atoms with E-state index in [1.54, 1.807) is 0 Å². The zero-order chi connectivity index (χ0) is 13.0. The Morgan fingerprint density at radius 1 is 1.33 bits per heavy atom. The third kappa shape index (κ3) is 3.18. The van der Waals surface area contributed by atoms with Crippen molar-refractivity contribution in [3.05, 3.63) is 12.4 Å². The minimum absolute atomic E-state index is 0.111. The first-order chi connectivity index (χ1) is 8.66. The van der Waals surface area contributed by atoms with Gasteiger partial charge < -0.3 is 10.2 Å². The van der Waals surface area contributed by atoms with Gasteiger partial charge in [0, 0.05) is 26.1 Å². The molecule has 2 rings (SSSR count). The maximum atomic E-state index is 11.0. The van der Waals surface area contributed by atoms with Gasteiger partial charge in [-0.05, 0) is 12.8 Å². The van der Waals surface area contributed by atoms with Crippen molar-refractivity contribution < 1.29 is 4.79 Å². The first kappa shape index (κ1) is 12.8. The van der Waals surface area contributed by atoms with E-state index in [9.17, 15) is 4.79 Å². The molecule has 0 bridgehead atoms. The van der Waals surface area contributed by atoms with Gasteiger partial charge in [-0.2, -0.15) is 0 Å². The van der Waals surface area contributed by atoms with Gasteiger partial charge in [0.25, 0.3) is 0 Å². The van der Waals surface area contributed by atoms with Gasteiger partial charge in [0.05, 0.1) is 0 Å². The van der Waals surface area contributed by atoms with Crippen LogP contribution in [-0.4, -0.2) is 29.0 Å². The summed E-state index contributed by atoms with van der Waals surface area (Å²) in [7, 11) is 2.07. The van der Waals surface area contributed by atoms with Crippen LogP contribution >= 0.6 is 0 Å². The lowest BCUT2D eigenvalue weighted by molar-refractivity contribution is -0.114. The SMILES string of the molecule is CC(=O)Nc1cc(N(C)C2CCCCC2)ncn1. The first-order valence-electron chi connectivity index (χ1n) is 6.49. The van der Waals surface area contributed by atoms with E-state index >= 15 is 0 Å². The van der Waals surface area contributed by atoms with Crippen LogP contribution in [0, 0.1) is 0 Å². The number of hydrogen-bond donors (Lipinski definition) is 1. The molecule has 5 nitrogen and oxygen atoms in total. The Hall–Kier alpha value is -1.65. The standard InChI is InChI=1S/C13H20N4O/c1-10(18)16-12-8-13(15-9-14-12)17(2)11-6-4-3-5-7-11/h8-9,11H,3-7H2,1-2H3,(H,14,15,16,18). The molecular formula is C13H20N4O. The van der Waals surface area contributed by atoms with Crippen LogP contribution in [0.15, 0.2) is 12.4 Å². The lowest BCUT2D eigenvalue weighted by Crippen LogP contribution is -2.34. The summed E-state index contributed by atoms with van der Waals surface area (Å²) in [6.45, 7) is 1.48. The van der Waals surface area contributed by atoms with Crippen LogP contribution in [0.1, 0.15) is 39.0 Å². The van der Waals surface area contributed by atoms with E-state index in [4.69, 9.17) is 0 Å². The molecule has 0 spiro atoms. The normalized spacial score (nSPS) is 16.3. The minimum atomic E-state index is -0.111. The molecule has 1 N–H and O–H groups in total. The third-order valence-electron chi connectivity index (χ3n) is 3.44. The van der Waals surface area contributed by atoms with Crippen molar-refractivity contribution in [1.29, 1.82) is 0 Å². The number of amides is 1. The van der Waals surface area contributed by atoms with Gasteiger partial charge in [0.15, 0.2) is 0 Å². The van der Waals surface area contributed by atoms with Gasteiger partial charge in [0.1, 0.15) is 18.0 Å². The molecule has 1 aromatic rings. The summed E-state index contributed by atoms with van der Waals surface area (Å²) < 4.78 is 0. The van der Waals surface area contributed by atoms with E-state index in [0.717, 1.165) is 5.82 Å². The van der Waals surface area contributed by atoms with Gasteiger partial charge in [-0.25, -0.2) is 9.97 Å². The maximum Gasteiger partial charge on any atom is 0.222 e. The van der Waals surface area contributed by atoms with Gasteiger partial charge >= 0.3 is 0 Å². The molecule has 18 heavy (non-hydrogen) atoms.